The summed E-state index contributed by atoms with van der Waals surface area (Å²) in [6, 6.07) is 9.61. The van der Waals surface area contributed by atoms with Gasteiger partial charge in [0.25, 0.3) is 0 Å². The van der Waals surface area contributed by atoms with Gasteiger partial charge in [0.1, 0.15) is 12.4 Å². The molecule has 30 heavy (non-hydrogen) atoms. The molecule has 0 bridgehead atoms. The number of benzene rings is 1. The molecule has 8 heteroatoms. The number of amidine groups is 1. The number of aromatic nitrogens is 2. The van der Waals surface area contributed by atoms with Crippen LogP contribution in [-0.2, 0) is 4.79 Å². The molecular weight excluding hydrogens is 380 g/mol. The van der Waals surface area contributed by atoms with E-state index in [1.807, 2.05) is 30.3 Å². The largest absolute Gasteiger partial charge is 0.352 e. The fourth-order valence-electron chi connectivity index (χ4n) is 4.69. The zero-order chi connectivity index (χ0) is 20.7. The van der Waals surface area contributed by atoms with E-state index in [1.165, 1.54) is 6.42 Å². The molecule has 1 aromatic carbocycles. The van der Waals surface area contributed by atoms with Crippen molar-refractivity contribution >= 4 is 23.6 Å². The maximum atomic E-state index is 13.3. The Hall–Kier alpha value is -3.16. The van der Waals surface area contributed by atoms with Crippen molar-refractivity contribution in [2.24, 2.45) is 10.9 Å². The van der Waals surface area contributed by atoms with Crippen LogP contribution >= 0.6 is 0 Å². The Bertz CT molecular complexity index is 998. The van der Waals surface area contributed by atoms with Crippen molar-refractivity contribution in [3.63, 3.8) is 0 Å². The lowest BCUT2D eigenvalue weighted by Gasteiger charge is -2.35. The van der Waals surface area contributed by atoms with Gasteiger partial charge >= 0.3 is 6.03 Å². The first-order valence-corrected chi connectivity index (χ1v) is 10.7. The molecule has 156 valence electrons. The highest BCUT2D eigenvalue weighted by Gasteiger charge is 2.41. The van der Waals surface area contributed by atoms with E-state index >= 15 is 0 Å². The van der Waals surface area contributed by atoms with Gasteiger partial charge in [0.05, 0.1) is 24.0 Å². The van der Waals surface area contributed by atoms with Crippen LogP contribution in [0.3, 0.4) is 0 Å². The molecule has 1 fully saturated rings. The van der Waals surface area contributed by atoms with Crippen molar-refractivity contribution in [3.8, 4) is 5.69 Å². The Morgan fingerprint density at radius 1 is 1.20 bits per heavy atom. The van der Waals surface area contributed by atoms with Gasteiger partial charge in [0.2, 0.25) is 5.91 Å². The Morgan fingerprint density at radius 2 is 2.00 bits per heavy atom. The van der Waals surface area contributed by atoms with E-state index in [0.29, 0.717) is 30.7 Å². The van der Waals surface area contributed by atoms with Crippen molar-refractivity contribution in [2.45, 2.75) is 38.6 Å². The number of carbonyl (C=O) groups is 2. The summed E-state index contributed by atoms with van der Waals surface area (Å²) in [4.78, 5) is 34.0. The van der Waals surface area contributed by atoms with Crippen molar-refractivity contribution in [1.82, 2.24) is 20.0 Å². The lowest BCUT2D eigenvalue weighted by molar-refractivity contribution is -0.121. The number of amides is 3. The van der Waals surface area contributed by atoms with Gasteiger partial charge in [-0.05, 0) is 30.9 Å². The van der Waals surface area contributed by atoms with E-state index in [9.17, 15) is 9.59 Å². The van der Waals surface area contributed by atoms with Crippen LogP contribution < -0.4 is 10.2 Å². The van der Waals surface area contributed by atoms with Gasteiger partial charge < -0.3 is 5.32 Å². The highest BCUT2D eigenvalue weighted by atomic mass is 16.2. The smallest absolute Gasteiger partial charge is 0.331 e. The molecule has 3 heterocycles. The molecule has 1 N–H and O–H groups in total. The summed E-state index contributed by atoms with van der Waals surface area (Å²) in [6.07, 6.45) is 6.22. The van der Waals surface area contributed by atoms with Crippen molar-refractivity contribution in [1.29, 1.82) is 0 Å². The number of carbonyl (C=O) groups excluding carboxylic acids is 2. The van der Waals surface area contributed by atoms with Crippen LogP contribution in [0.4, 0.5) is 10.6 Å². The summed E-state index contributed by atoms with van der Waals surface area (Å²) in [5.41, 5.74) is 1.62. The Kier molecular flexibility index (Phi) is 4.77. The topological polar surface area (TPSA) is 82.8 Å². The monoisotopic (exact) mass is 406 g/mol. The summed E-state index contributed by atoms with van der Waals surface area (Å²) in [5, 5.41) is 7.70. The zero-order valence-electron chi connectivity index (χ0n) is 17.1. The van der Waals surface area contributed by atoms with Gasteiger partial charge in [0.15, 0.2) is 5.82 Å². The third-order valence-corrected chi connectivity index (χ3v) is 6.30. The fraction of sp³-hybridized carbons (Fsp3) is 0.455. The number of para-hydroxylation sites is 1. The van der Waals surface area contributed by atoms with Crippen LogP contribution in [0.15, 0.2) is 41.5 Å². The molecule has 8 nitrogen and oxygen atoms in total. The first-order valence-electron chi connectivity index (χ1n) is 10.7. The van der Waals surface area contributed by atoms with Crippen molar-refractivity contribution < 1.29 is 9.59 Å². The van der Waals surface area contributed by atoms with Gasteiger partial charge in [-0.2, -0.15) is 5.10 Å². The van der Waals surface area contributed by atoms with E-state index in [4.69, 9.17) is 0 Å². The number of aliphatic imine (C=N–C) groups is 1. The summed E-state index contributed by atoms with van der Waals surface area (Å²) < 4.78 is 1.72. The normalized spacial score (nSPS) is 23.1. The molecule has 0 radical (unpaired) electrons. The number of nitrogens with zero attached hydrogens (tertiary/aromatic N) is 5. The molecule has 3 amide bonds. The lowest BCUT2D eigenvalue weighted by Crippen LogP contribution is -2.54. The predicted octanol–water partition coefficient (Wildman–Crippen LogP) is 2.57. The van der Waals surface area contributed by atoms with Gasteiger partial charge in [-0.3, -0.25) is 19.6 Å². The van der Waals surface area contributed by atoms with Crippen LogP contribution in [0.2, 0.25) is 0 Å². The number of hydrogen-bond acceptors (Lipinski definition) is 4. The molecule has 2 aliphatic heterocycles. The average molecular weight is 406 g/mol. The molecule has 2 atom stereocenters. The van der Waals surface area contributed by atoms with Crippen LogP contribution in [-0.4, -0.2) is 58.1 Å². The van der Waals surface area contributed by atoms with Crippen LogP contribution in [0.5, 0.6) is 0 Å². The first-order chi connectivity index (χ1) is 14.6. The molecule has 3 aliphatic rings. The number of nitrogens with one attached hydrogen (secondary N) is 1. The minimum absolute atomic E-state index is 0.0304. The Labute approximate surface area is 175 Å². The van der Waals surface area contributed by atoms with Crippen molar-refractivity contribution in [3.05, 3.63) is 42.1 Å². The van der Waals surface area contributed by atoms with E-state index in [0.717, 1.165) is 30.5 Å². The Balaban J connectivity index is 1.47. The second-order valence-corrected chi connectivity index (χ2v) is 8.29. The molecular formula is C22H26N6O2. The SMILES string of the molecule is C[C@@H]1CCCC[C@H]1NC(=O)CN1C(=O)N2CCN=C2c2cnn(-c3ccccc3)c21. The highest BCUT2D eigenvalue weighted by molar-refractivity contribution is 6.20. The molecule has 0 unspecified atom stereocenters. The van der Waals surface area contributed by atoms with E-state index in [2.05, 4.69) is 22.3 Å². The molecule has 0 saturated heterocycles. The summed E-state index contributed by atoms with van der Waals surface area (Å²) >= 11 is 0. The second-order valence-electron chi connectivity index (χ2n) is 8.29. The molecule has 1 aliphatic carbocycles. The third kappa shape index (κ3) is 3.16. The maximum absolute atomic E-state index is 13.3. The van der Waals surface area contributed by atoms with Gasteiger partial charge in [0, 0.05) is 12.6 Å². The standard InChI is InChI=1S/C22H26N6O2/c1-15-7-5-6-10-18(15)25-19(29)14-27-21-17(20-23-11-12-26(20)22(27)30)13-24-28(21)16-8-3-2-4-9-16/h2-4,8-9,13,15,18H,5-7,10-12,14H2,1H3,(H,25,29)/t15-,18-/m1/s1. The van der Waals surface area contributed by atoms with Crippen molar-refractivity contribution in [2.75, 3.05) is 24.5 Å². The van der Waals surface area contributed by atoms with Crippen LogP contribution in [0.1, 0.15) is 38.2 Å². The first kappa shape index (κ1) is 18.8. The van der Waals surface area contributed by atoms with Crippen LogP contribution in [0, 0.1) is 5.92 Å². The molecule has 1 saturated carbocycles. The average Bonchev–Trinajstić information content (AvgIpc) is 3.41. The van der Waals surface area contributed by atoms with E-state index in [1.54, 1.807) is 20.7 Å². The number of rotatable bonds is 4. The number of fused-ring (bicyclic) bond motifs is 3. The highest BCUT2D eigenvalue weighted by Crippen LogP contribution is 2.33. The number of hydrogen-bond donors (Lipinski definition) is 1. The Morgan fingerprint density at radius 3 is 2.80 bits per heavy atom. The molecule has 1 aromatic heterocycles. The second kappa shape index (κ2) is 7.59. The quantitative estimate of drug-likeness (QED) is 0.847. The fourth-order valence-corrected chi connectivity index (χ4v) is 4.69. The summed E-state index contributed by atoms with van der Waals surface area (Å²) in [5.74, 6) is 1.58. The zero-order valence-corrected chi connectivity index (χ0v) is 17.1. The predicted molar refractivity (Wildman–Crippen MR) is 114 cm³/mol. The summed E-state index contributed by atoms with van der Waals surface area (Å²) in [7, 11) is 0. The minimum Gasteiger partial charge on any atom is -0.352 e. The van der Waals surface area contributed by atoms with E-state index < -0.39 is 0 Å². The van der Waals surface area contributed by atoms with Gasteiger partial charge in [-0.25, -0.2) is 9.48 Å². The van der Waals surface area contributed by atoms with Crippen LogP contribution in [0.25, 0.3) is 5.69 Å². The lowest BCUT2D eigenvalue weighted by atomic mass is 9.86. The van der Waals surface area contributed by atoms with Gasteiger partial charge in [-0.15, -0.1) is 0 Å². The molecule has 5 rings (SSSR count). The molecule has 2 aromatic rings. The minimum atomic E-state index is -0.219. The number of urea groups is 1. The third-order valence-electron chi connectivity index (χ3n) is 6.30. The number of anilines is 1. The maximum Gasteiger partial charge on any atom is 0.331 e. The van der Waals surface area contributed by atoms with E-state index in [-0.39, 0.29) is 24.5 Å². The van der Waals surface area contributed by atoms with Gasteiger partial charge in [-0.1, -0.05) is 38.0 Å². The molecule has 0 spiro atoms. The summed E-state index contributed by atoms with van der Waals surface area (Å²) in [6.45, 7) is 3.25.